The minimum Gasteiger partial charge on any atom is -0.469 e. The third-order valence-electron chi connectivity index (χ3n) is 10.6. The predicted molar refractivity (Wildman–Crippen MR) is 114 cm³/mol. The van der Waals surface area contributed by atoms with Crippen molar-refractivity contribution >= 4 is 5.97 Å². The van der Waals surface area contributed by atoms with Crippen molar-refractivity contribution in [3.63, 3.8) is 0 Å². The van der Waals surface area contributed by atoms with Gasteiger partial charge in [-0.05, 0) is 97.7 Å². The second kappa shape index (κ2) is 8.04. The Morgan fingerprint density at radius 2 is 1.80 bits per heavy atom. The quantitative estimate of drug-likeness (QED) is 0.603. The summed E-state index contributed by atoms with van der Waals surface area (Å²) >= 11 is 0. The average molecular weight is 423 g/mol. The fourth-order valence-electron chi connectivity index (χ4n) is 8.78. The zero-order valence-corrected chi connectivity index (χ0v) is 19.2. The highest BCUT2D eigenvalue weighted by molar-refractivity contribution is 5.69. The van der Waals surface area contributed by atoms with Crippen LogP contribution in [0.3, 0.4) is 0 Å². The molecule has 11 atom stereocenters. The van der Waals surface area contributed by atoms with Crippen molar-refractivity contribution in [1.82, 2.24) is 0 Å². The van der Waals surface area contributed by atoms with Crippen LogP contribution in [-0.2, 0) is 9.53 Å². The first-order chi connectivity index (χ1) is 14.1. The maximum atomic E-state index is 11.7. The Morgan fingerprint density at radius 3 is 2.50 bits per heavy atom. The molecule has 172 valence electrons. The van der Waals surface area contributed by atoms with Gasteiger partial charge in [0.05, 0.1) is 25.4 Å². The SMILES string of the molecule is COC(=O)CC[C@@H](C)[C@H]1CCC2C3C(C[C@H](O)[C@@]21C)[C@@]1(C)CC[C@@H](O)CC1C[C@H]3O. The summed E-state index contributed by atoms with van der Waals surface area (Å²) in [6, 6.07) is 0. The molecule has 4 rings (SSSR count). The Bertz CT molecular complexity index is 651. The molecule has 0 bridgehead atoms. The van der Waals surface area contributed by atoms with Crippen molar-refractivity contribution in [3.05, 3.63) is 0 Å². The first kappa shape index (κ1) is 22.5. The van der Waals surface area contributed by atoms with E-state index < -0.39 is 0 Å². The third kappa shape index (κ3) is 3.34. The van der Waals surface area contributed by atoms with E-state index in [2.05, 4.69) is 20.8 Å². The zero-order valence-electron chi connectivity index (χ0n) is 19.2. The van der Waals surface area contributed by atoms with Crippen molar-refractivity contribution in [2.24, 2.45) is 46.3 Å². The highest BCUT2D eigenvalue weighted by atomic mass is 16.5. The Hall–Kier alpha value is -0.650. The maximum absolute atomic E-state index is 11.7. The fourth-order valence-corrected chi connectivity index (χ4v) is 8.78. The zero-order chi connectivity index (χ0) is 21.8. The van der Waals surface area contributed by atoms with Crippen LogP contribution in [0.5, 0.6) is 0 Å². The van der Waals surface area contributed by atoms with Gasteiger partial charge in [-0.25, -0.2) is 0 Å². The van der Waals surface area contributed by atoms with E-state index in [4.69, 9.17) is 4.74 Å². The van der Waals surface area contributed by atoms with Crippen LogP contribution in [0, 0.1) is 46.3 Å². The average Bonchev–Trinajstić information content (AvgIpc) is 3.06. The monoisotopic (exact) mass is 422 g/mol. The fraction of sp³-hybridized carbons (Fsp3) is 0.960. The lowest BCUT2D eigenvalue weighted by Gasteiger charge is -2.63. The summed E-state index contributed by atoms with van der Waals surface area (Å²) in [4.78, 5) is 11.7. The number of carbonyl (C=O) groups excluding carboxylic acids is 1. The molecular weight excluding hydrogens is 380 g/mol. The van der Waals surface area contributed by atoms with E-state index in [0.29, 0.717) is 36.0 Å². The van der Waals surface area contributed by atoms with Gasteiger partial charge in [-0.2, -0.15) is 0 Å². The molecule has 0 amide bonds. The van der Waals surface area contributed by atoms with E-state index in [1.165, 1.54) is 7.11 Å². The second-order valence-electron chi connectivity index (χ2n) is 11.6. The lowest BCUT2D eigenvalue weighted by atomic mass is 9.43. The molecule has 0 saturated heterocycles. The highest BCUT2D eigenvalue weighted by Gasteiger charge is 2.65. The normalized spacial score (nSPS) is 51.4. The van der Waals surface area contributed by atoms with Crippen LogP contribution in [-0.4, -0.2) is 46.7 Å². The standard InChI is InChI=1S/C25H42O5/c1-14(5-8-22(29)30-4)17-6-7-18-23-19(13-21(28)25(17,18)3)24(2)10-9-16(26)11-15(24)12-20(23)27/h14-21,23,26-28H,5-13H2,1-4H3/t14-,15?,16-,17-,18?,19?,20-,21+,23?,24+,25-/m1/s1. The summed E-state index contributed by atoms with van der Waals surface area (Å²) in [6.45, 7) is 6.85. The Kier molecular flexibility index (Phi) is 6.04. The number of fused-ring (bicyclic) bond motifs is 5. The Labute approximate surface area is 181 Å². The van der Waals surface area contributed by atoms with Crippen molar-refractivity contribution in [2.45, 2.75) is 96.9 Å². The van der Waals surface area contributed by atoms with E-state index in [9.17, 15) is 20.1 Å². The highest BCUT2D eigenvalue weighted by Crippen LogP contribution is 2.68. The van der Waals surface area contributed by atoms with Gasteiger partial charge < -0.3 is 20.1 Å². The van der Waals surface area contributed by atoms with Crippen molar-refractivity contribution in [3.8, 4) is 0 Å². The number of hydrogen-bond acceptors (Lipinski definition) is 5. The number of aliphatic hydroxyl groups excluding tert-OH is 3. The molecule has 0 aromatic heterocycles. The van der Waals surface area contributed by atoms with Crippen molar-refractivity contribution in [1.29, 1.82) is 0 Å². The van der Waals surface area contributed by atoms with Crippen LogP contribution in [0.4, 0.5) is 0 Å². The first-order valence-corrected chi connectivity index (χ1v) is 12.2. The van der Waals surface area contributed by atoms with Gasteiger partial charge in [0.2, 0.25) is 0 Å². The molecule has 4 fully saturated rings. The van der Waals surface area contributed by atoms with E-state index in [1.54, 1.807) is 0 Å². The number of aliphatic hydroxyl groups is 3. The van der Waals surface area contributed by atoms with E-state index >= 15 is 0 Å². The molecule has 0 spiro atoms. The van der Waals surface area contributed by atoms with Gasteiger partial charge in [0.15, 0.2) is 0 Å². The van der Waals surface area contributed by atoms with Gasteiger partial charge in [0.1, 0.15) is 0 Å². The molecule has 0 radical (unpaired) electrons. The summed E-state index contributed by atoms with van der Waals surface area (Å²) in [5.74, 6) is 1.81. The summed E-state index contributed by atoms with van der Waals surface area (Å²) < 4.78 is 4.83. The number of esters is 1. The van der Waals surface area contributed by atoms with Gasteiger partial charge in [-0.1, -0.05) is 20.8 Å². The molecule has 5 heteroatoms. The largest absolute Gasteiger partial charge is 0.469 e. The molecule has 0 aliphatic heterocycles. The summed E-state index contributed by atoms with van der Waals surface area (Å²) in [5, 5.41) is 33.1. The van der Waals surface area contributed by atoms with E-state index in [0.717, 1.165) is 51.4 Å². The predicted octanol–water partition coefficient (Wildman–Crippen LogP) is 3.54. The van der Waals surface area contributed by atoms with Crippen LogP contribution in [0.15, 0.2) is 0 Å². The van der Waals surface area contributed by atoms with Crippen LogP contribution in [0.25, 0.3) is 0 Å². The minimum absolute atomic E-state index is 0.111. The number of hydrogen-bond donors (Lipinski definition) is 3. The molecule has 3 N–H and O–H groups in total. The number of rotatable bonds is 4. The second-order valence-corrected chi connectivity index (χ2v) is 11.6. The smallest absolute Gasteiger partial charge is 0.305 e. The molecule has 30 heavy (non-hydrogen) atoms. The van der Waals surface area contributed by atoms with Crippen molar-refractivity contribution < 1.29 is 24.9 Å². The van der Waals surface area contributed by atoms with Crippen LogP contribution in [0.1, 0.15) is 78.6 Å². The lowest BCUT2D eigenvalue weighted by Crippen LogP contribution is -2.62. The number of carbonyl (C=O) groups is 1. The first-order valence-electron chi connectivity index (χ1n) is 12.2. The molecule has 4 aliphatic carbocycles. The van der Waals surface area contributed by atoms with Gasteiger partial charge >= 0.3 is 5.97 Å². The third-order valence-corrected chi connectivity index (χ3v) is 10.6. The van der Waals surface area contributed by atoms with E-state index in [-0.39, 0.29) is 41.0 Å². The van der Waals surface area contributed by atoms with Crippen LogP contribution >= 0.6 is 0 Å². The van der Waals surface area contributed by atoms with Crippen molar-refractivity contribution in [2.75, 3.05) is 7.11 Å². The Balaban J connectivity index is 1.58. The summed E-state index contributed by atoms with van der Waals surface area (Å²) in [6.07, 6.45) is 6.60. The molecule has 4 unspecified atom stereocenters. The molecule has 5 nitrogen and oxygen atoms in total. The number of methoxy groups -OCH3 is 1. The summed E-state index contributed by atoms with van der Waals surface area (Å²) in [5.41, 5.74) is -0.0882. The molecule has 0 aromatic carbocycles. The van der Waals surface area contributed by atoms with E-state index in [1.807, 2.05) is 0 Å². The van der Waals surface area contributed by atoms with Gasteiger partial charge in [0, 0.05) is 6.42 Å². The number of ether oxygens (including phenoxy) is 1. The van der Waals surface area contributed by atoms with Crippen LogP contribution < -0.4 is 0 Å². The van der Waals surface area contributed by atoms with Gasteiger partial charge in [0.25, 0.3) is 0 Å². The van der Waals surface area contributed by atoms with Gasteiger partial charge in [-0.3, -0.25) is 4.79 Å². The molecular formula is C25H42O5. The molecule has 4 saturated carbocycles. The summed E-state index contributed by atoms with van der Waals surface area (Å²) in [7, 11) is 1.44. The van der Waals surface area contributed by atoms with Gasteiger partial charge in [-0.15, -0.1) is 0 Å². The topological polar surface area (TPSA) is 87.0 Å². The lowest BCUT2D eigenvalue weighted by molar-refractivity contribution is -0.207. The maximum Gasteiger partial charge on any atom is 0.305 e. The molecule has 0 aromatic rings. The van der Waals surface area contributed by atoms with Crippen LogP contribution in [0.2, 0.25) is 0 Å². The molecule has 0 heterocycles. The molecule has 4 aliphatic rings. The Morgan fingerprint density at radius 1 is 1.07 bits per heavy atom. The minimum atomic E-state index is -0.369.